The number of benzene rings is 1. The van der Waals surface area contributed by atoms with Crippen molar-refractivity contribution >= 4 is 23.1 Å². The summed E-state index contributed by atoms with van der Waals surface area (Å²) in [5.41, 5.74) is 1.71. The molecule has 7 nitrogen and oxygen atoms in total. The summed E-state index contributed by atoms with van der Waals surface area (Å²) in [4.78, 5) is 31.2. The highest BCUT2D eigenvalue weighted by atomic mass is 16.6. The zero-order valence-electron chi connectivity index (χ0n) is 16.2. The van der Waals surface area contributed by atoms with Crippen LogP contribution < -0.4 is 5.32 Å². The molecule has 0 saturated heterocycles. The number of nitrogens with zero attached hydrogens (tertiary/aromatic N) is 1. The number of imidazole rings is 1. The molecule has 2 N–H and O–H groups in total. The Kier molecular flexibility index (Phi) is 5.90. The van der Waals surface area contributed by atoms with Crippen molar-refractivity contribution in [3.05, 3.63) is 29.6 Å². The summed E-state index contributed by atoms with van der Waals surface area (Å²) in [6.07, 6.45) is -0.465. The van der Waals surface area contributed by atoms with Crippen molar-refractivity contribution in [2.75, 3.05) is 6.61 Å². The molecule has 1 heterocycles. The van der Waals surface area contributed by atoms with Crippen LogP contribution in [0.5, 0.6) is 0 Å². The quantitative estimate of drug-likeness (QED) is 0.786. The lowest BCUT2D eigenvalue weighted by Gasteiger charge is -2.26. The molecule has 1 unspecified atom stereocenters. The highest BCUT2D eigenvalue weighted by molar-refractivity contribution is 5.90. The van der Waals surface area contributed by atoms with E-state index in [0.29, 0.717) is 11.0 Å². The zero-order valence-corrected chi connectivity index (χ0v) is 16.2. The lowest BCUT2D eigenvalue weighted by atomic mass is 9.96. The summed E-state index contributed by atoms with van der Waals surface area (Å²) >= 11 is 0. The Balaban J connectivity index is 2.27. The first kappa shape index (κ1) is 19.8. The second kappa shape index (κ2) is 7.76. The van der Waals surface area contributed by atoms with Gasteiger partial charge in [0, 0.05) is 0 Å². The van der Waals surface area contributed by atoms with E-state index in [9.17, 15) is 9.59 Å². The number of amides is 1. The van der Waals surface area contributed by atoms with Crippen LogP contribution in [0.3, 0.4) is 0 Å². The zero-order chi connectivity index (χ0) is 19.5. The molecule has 0 aliphatic carbocycles. The van der Waals surface area contributed by atoms with Gasteiger partial charge in [0.15, 0.2) is 0 Å². The molecule has 26 heavy (non-hydrogen) atoms. The van der Waals surface area contributed by atoms with Crippen LogP contribution in [0.15, 0.2) is 18.2 Å². The minimum atomic E-state index is -0.562. The maximum atomic E-state index is 12.2. The Bertz CT molecular complexity index is 790. The number of ether oxygens (including phenoxy) is 2. The minimum absolute atomic E-state index is 0.146. The van der Waals surface area contributed by atoms with E-state index < -0.39 is 17.7 Å². The molecule has 0 fully saturated rings. The molecule has 0 aliphatic heterocycles. The van der Waals surface area contributed by atoms with Crippen LogP contribution in [-0.4, -0.2) is 34.2 Å². The Labute approximate surface area is 153 Å². The monoisotopic (exact) mass is 361 g/mol. The summed E-state index contributed by atoms with van der Waals surface area (Å²) in [6, 6.07) is 5.35. The van der Waals surface area contributed by atoms with Gasteiger partial charge in [-0.15, -0.1) is 0 Å². The lowest BCUT2D eigenvalue weighted by molar-refractivity contribution is 0.0486. The number of rotatable bonds is 5. The van der Waals surface area contributed by atoms with Gasteiger partial charge in [-0.3, -0.25) is 0 Å². The standard InChI is InChI=1S/C19H27N3O4/c1-7-25-17(23)16-20-13-9-8-12(10-14(13)21-16)15(11(2)3)22-18(24)26-19(4,5)6/h8-11,15H,7H2,1-6H3,(H,20,21)(H,22,24). The number of esters is 1. The fourth-order valence-electron chi connectivity index (χ4n) is 2.59. The third-order valence-electron chi connectivity index (χ3n) is 3.67. The van der Waals surface area contributed by atoms with Gasteiger partial charge >= 0.3 is 12.1 Å². The number of H-pyrrole nitrogens is 1. The van der Waals surface area contributed by atoms with Crippen LogP contribution in [-0.2, 0) is 9.47 Å². The largest absolute Gasteiger partial charge is 0.460 e. The summed E-state index contributed by atoms with van der Waals surface area (Å²) in [5, 5.41) is 2.92. The lowest BCUT2D eigenvalue weighted by Crippen LogP contribution is -2.36. The van der Waals surface area contributed by atoms with Crippen LogP contribution >= 0.6 is 0 Å². The number of hydrogen-bond donors (Lipinski definition) is 2. The van der Waals surface area contributed by atoms with Gasteiger partial charge in [-0.1, -0.05) is 19.9 Å². The van der Waals surface area contributed by atoms with Crippen molar-refractivity contribution in [2.45, 2.75) is 53.2 Å². The number of nitrogens with one attached hydrogen (secondary N) is 2. The molecule has 142 valence electrons. The van der Waals surface area contributed by atoms with Crippen molar-refractivity contribution in [3.63, 3.8) is 0 Å². The third kappa shape index (κ3) is 4.97. The van der Waals surface area contributed by atoms with E-state index in [1.54, 1.807) is 6.92 Å². The minimum Gasteiger partial charge on any atom is -0.460 e. The predicted molar refractivity (Wildman–Crippen MR) is 99.0 cm³/mol. The molecule has 2 rings (SSSR count). The maximum absolute atomic E-state index is 12.2. The Hall–Kier alpha value is -2.57. The van der Waals surface area contributed by atoms with Crippen LogP contribution in [0.2, 0.25) is 0 Å². The van der Waals surface area contributed by atoms with Gasteiger partial charge in [-0.25, -0.2) is 14.6 Å². The van der Waals surface area contributed by atoms with Gasteiger partial charge in [0.05, 0.1) is 23.7 Å². The first-order valence-electron chi connectivity index (χ1n) is 8.77. The number of aromatic nitrogens is 2. The first-order valence-corrected chi connectivity index (χ1v) is 8.77. The van der Waals surface area contributed by atoms with Crippen LogP contribution in [0.4, 0.5) is 4.79 Å². The van der Waals surface area contributed by atoms with Crippen LogP contribution in [0, 0.1) is 5.92 Å². The van der Waals surface area contributed by atoms with Crippen molar-refractivity contribution < 1.29 is 19.1 Å². The average Bonchev–Trinajstić information content (AvgIpc) is 2.94. The normalized spacial score (nSPS) is 12.9. The molecule has 7 heteroatoms. The van der Waals surface area contributed by atoms with E-state index in [4.69, 9.17) is 9.47 Å². The fraction of sp³-hybridized carbons (Fsp3) is 0.526. The average molecular weight is 361 g/mol. The van der Waals surface area contributed by atoms with Gasteiger partial charge in [-0.05, 0) is 51.3 Å². The number of carbonyl (C=O) groups is 2. The SMILES string of the molecule is CCOC(=O)c1nc2ccc(C(NC(=O)OC(C)(C)C)C(C)C)cc2[nH]1. The van der Waals surface area contributed by atoms with E-state index in [0.717, 1.165) is 5.56 Å². The fourth-order valence-corrected chi connectivity index (χ4v) is 2.59. The molecule has 1 aromatic carbocycles. The molecule has 1 aromatic heterocycles. The van der Waals surface area contributed by atoms with Gasteiger partial charge < -0.3 is 19.8 Å². The van der Waals surface area contributed by atoms with E-state index in [1.165, 1.54) is 0 Å². The number of fused-ring (bicyclic) bond motifs is 1. The molecular formula is C19H27N3O4. The number of aromatic amines is 1. The molecular weight excluding hydrogens is 334 g/mol. The summed E-state index contributed by atoms with van der Waals surface area (Å²) in [6.45, 7) is 11.5. The second-order valence-corrected chi connectivity index (χ2v) is 7.45. The molecule has 0 saturated carbocycles. The molecule has 0 radical (unpaired) electrons. The Morgan fingerprint density at radius 1 is 1.27 bits per heavy atom. The molecule has 2 aromatic rings. The predicted octanol–water partition coefficient (Wildman–Crippen LogP) is 3.96. The second-order valence-electron chi connectivity index (χ2n) is 7.45. The van der Waals surface area contributed by atoms with E-state index in [2.05, 4.69) is 15.3 Å². The van der Waals surface area contributed by atoms with Crippen molar-refractivity contribution in [2.24, 2.45) is 5.92 Å². The van der Waals surface area contributed by atoms with Crippen molar-refractivity contribution in [1.29, 1.82) is 0 Å². The number of hydrogen-bond acceptors (Lipinski definition) is 5. The molecule has 1 atom stereocenters. The van der Waals surface area contributed by atoms with Crippen LogP contribution in [0.1, 0.15) is 63.8 Å². The van der Waals surface area contributed by atoms with E-state index in [-0.39, 0.29) is 24.4 Å². The summed E-state index contributed by atoms with van der Waals surface area (Å²) in [7, 11) is 0. The van der Waals surface area contributed by atoms with Crippen LogP contribution in [0.25, 0.3) is 11.0 Å². The smallest absolute Gasteiger partial charge is 0.408 e. The van der Waals surface area contributed by atoms with E-state index in [1.807, 2.05) is 52.8 Å². The highest BCUT2D eigenvalue weighted by Crippen LogP contribution is 2.25. The topological polar surface area (TPSA) is 93.3 Å². The molecule has 0 spiro atoms. The molecule has 0 bridgehead atoms. The van der Waals surface area contributed by atoms with Gasteiger partial charge in [-0.2, -0.15) is 0 Å². The maximum Gasteiger partial charge on any atom is 0.408 e. The molecule has 1 amide bonds. The van der Waals surface area contributed by atoms with E-state index >= 15 is 0 Å². The Morgan fingerprint density at radius 2 is 1.96 bits per heavy atom. The number of alkyl carbamates (subject to hydrolysis) is 1. The highest BCUT2D eigenvalue weighted by Gasteiger charge is 2.23. The Morgan fingerprint density at radius 3 is 2.54 bits per heavy atom. The summed E-state index contributed by atoms with van der Waals surface area (Å²) in [5.74, 6) is -0.176. The van der Waals surface area contributed by atoms with Gasteiger partial charge in [0.25, 0.3) is 0 Å². The van der Waals surface area contributed by atoms with Crippen molar-refractivity contribution in [3.8, 4) is 0 Å². The van der Waals surface area contributed by atoms with Gasteiger partial charge in [0.1, 0.15) is 5.60 Å². The number of carbonyl (C=O) groups excluding carboxylic acids is 2. The van der Waals surface area contributed by atoms with Gasteiger partial charge in [0.2, 0.25) is 5.82 Å². The summed E-state index contributed by atoms with van der Waals surface area (Å²) < 4.78 is 10.3. The first-order chi connectivity index (χ1) is 12.1. The molecule has 0 aliphatic rings. The van der Waals surface area contributed by atoms with Crippen molar-refractivity contribution in [1.82, 2.24) is 15.3 Å². The third-order valence-corrected chi connectivity index (χ3v) is 3.67.